The van der Waals surface area contributed by atoms with Crippen molar-refractivity contribution in [1.82, 2.24) is 9.62 Å². The third-order valence-corrected chi connectivity index (χ3v) is 8.99. The maximum Gasteiger partial charge on any atom is 0.243 e. The summed E-state index contributed by atoms with van der Waals surface area (Å²) >= 11 is 0. The second kappa shape index (κ2) is 9.15. The highest BCUT2D eigenvalue weighted by molar-refractivity contribution is 7.89. The van der Waals surface area contributed by atoms with E-state index < -0.39 is 10.0 Å². The average molecular weight is 482 g/mol. The fourth-order valence-electron chi connectivity index (χ4n) is 5.08. The van der Waals surface area contributed by atoms with Crippen molar-refractivity contribution in [2.75, 3.05) is 18.0 Å². The van der Waals surface area contributed by atoms with Crippen LogP contribution in [0.15, 0.2) is 53.4 Å². The van der Waals surface area contributed by atoms with Gasteiger partial charge >= 0.3 is 0 Å². The first-order valence-corrected chi connectivity index (χ1v) is 13.6. The van der Waals surface area contributed by atoms with Gasteiger partial charge in [-0.2, -0.15) is 4.31 Å². The van der Waals surface area contributed by atoms with Crippen molar-refractivity contribution in [3.8, 4) is 0 Å². The first kappa shape index (κ1) is 23.1. The molecule has 2 unspecified atom stereocenters. The minimum absolute atomic E-state index is 0.0359. The van der Waals surface area contributed by atoms with E-state index in [2.05, 4.69) is 5.32 Å². The first-order valence-electron chi connectivity index (χ1n) is 12.1. The molecule has 2 aromatic carbocycles. The van der Waals surface area contributed by atoms with E-state index >= 15 is 0 Å². The molecule has 1 aliphatic carbocycles. The lowest BCUT2D eigenvalue weighted by Gasteiger charge is -2.31. The fraction of sp³-hybridized carbons (Fsp3) is 0.462. The van der Waals surface area contributed by atoms with Crippen LogP contribution in [-0.2, 0) is 32.6 Å². The summed E-state index contributed by atoms with van der Waals surface area (Å²) in [5.74, 6) is -0.202. The molecule has 1 saturated heterocycles. The predicted octanol–water partition coefficient (Wildman–Crippen LogP) is 3.09. The summed E-state index contributed by atoms with van der Waals surface area (Å²) in [6.07, 6.45) is 3.86. The van der Waals surface area contributed by atoms with Crippen LogP contribution in [0.5, 0.6) is 0 Å². The zero-order valence-corrected chi connectivity index (χ0v) is 20.3. The third kappa shape index (κ3) is 4.49. The summed E-state index contributed by atoms with van der Waals surface area (Å²) in [5.41, 5.74) is 2.75. The minimum atomic E-state index is -3.73. The molecule has 7 nitrogen and oxygen atoms in total. The molecule has 0 bridgehead atoms. The number of carbonyl (C=O) groups excluding carboxylic acids is 2. The smallest absolute Gasteiger partial charge is 0.243 e. The number of amides is 2. The Morgan fingerprint density at radius 1 is 1.03 bits per heavy atom. The summed E-state index contributed by atoms with van der Waals surface area (Å²) in [5, 5.41) is 2.95. The van der Waals surface area contributed by atoms with E-state index in [1.807, 2.05) is 42.2 Å². The Labute approximate surface area is 201 Å². The van der Waals surface area contributed by atoms with Gasteiger partial charge in [0.2, 0.25) is 21.8 Å². The van der Waals surface area contributed by atoms with Crippen molar-refractivity contribution in [3.05, 3.63) is 59.7 Å². The van der Waals surface area contributed by atoms with Crippen LogP contribution in [0, 0.1) is 11.8 Å². The summed E-state index contributed by atoms with van der Waals surface area (Å²) in [7, 11) is -3.73. The van der Waals surface area contributed by atoms with Crippen molar-refractivity contribution < 1.29 is 18.0 Å². The SMILES string of the molecule is CC1Cc2cc(S(=O)(=O)N3CCCC(C(=O)NCc4ccccc4)C3)ccc2N1C(=O)C1CC1. The number of rotatable bonds is 6. The Morgan fingerprint density at radius 2 is 1.79 bits per heavy atom. The predicted molar refractivity (Wildman–Crippen MR) is 130 cm³/mol. The number of anilines is 1. The maximum atomic E-state index is 13.5. The number of sulfonamides is 1. The first-order chi connectivity index (χ1) is 16.3. The van der Waals surface area contributed by atoms with Gasteiger partial charge in [-0.25, -0.2) is 8.42 Å². The molecule has 180 valence electrons. The van der Waals surface area contributed by atoms with E-state index in [9.17, 15) is 18.0 Å². The number of hydrogen-bond donors (Lipinski definition) is 1. The normalized spacial score (nSPS) is 22.9. The Bertz CT molecular complexity index is 1190. The van der Waals surface area contributed by atoms with E-state index in [1.165, 1.54) is 4.31 Å². The highest BCUT2D eigenvalue weighted by atomic mass is 32.2. The molecule has 0 spiro atoms. The van der Waals surface area contributed by atoms with Crippen LogP contribution in [0.2, 0.25) is 0 Å². The molecular weight excluding hydrogens is 450 g/mol. The number of fused-ring (bicyclic) bond motifs is 1. The Morgan fingerprint density at radius 3 is 2.53 bits per heavy atom. The van der Waals surface area contributed by atoms with E-state index in [1.54, 1.807) is 18.2 Å². The number of nitrogens with zero attached hydrogens (tertiary/aromatic N) is 2. The molecule has 2 atom stereocenters. The fourth-order valence-corrected chi connectivity index (χ4v) is 6.66. The van der Waals surface area contributed by atoms with Gasteiger partial charge in [-0.15, -0.1) is 0 Å². The van der Waals surface area contributed by atoms with Gasteiger partial charge in [-0.05, 0) is 68.4 Å². The molecular formula is C26H31N3O4S. The molecule has 2 heterocycles. The highest BCUT2D eigenvalue weighted by Crippen LogP contribution is 2.40. The topological polar surface area (TPSA) is 86.8 Å². The van der Waals surface area contributed by atoms with Crippen molar-refractivity contribution in [3.63, 3.8) is 0 Å². The van der Waals surface area contributed by atoms with Gasteiger partial charge in [0.15, 0.2) is 0 Å². The van der Waals surface area contributed by atoms with Gasteiger partial charge in [-0.3, -0.25) is 9.59 Å². The zero-order valence-electron chi connectivity index (χ0n) is 19.4. The van der Waals surface area contributed by atoms with Crippen LogP contribution in [0.3, 0.4) is 0 Å². The maximum absolute atomic E-state index is 13.5. The van der Waals surface area contributed by atoms with Crippen molar-refractivity contribution in [2.24, 2.45) is 11.8 Å². The average Bonchev–Trinajstić information content (AvgIpc) is 3.64. The molecule has 0 radical (unpaired) electrons. The number of benzene rings is 2. The van der Waals surface area contributed by atoms with E-state index in [0.717, 1.165) is 29.7 Å². The summed E-state index contributed by atoms with van der Waals surface area (Å²) in [6.45, 7) is 3.03. The molecule has 8 heteroatoms. The van der Waals surface area contributed by atoms with Crippen LogP contribution < -0.4 is 10.2 Å². The largest absolute Gasteiger partial charge is 0.352 e. The van der Waals surface area contributed by atoms with Gasteiger partial charge in [0.05, 0.1) is 10.8 Å². The molecule has 5 rings (SSSR count). The highest BCUT2D eigenvalue weighted by Gasteiger charge is 2.40. The number of nitrogens with one attached hydrogen (secondary N) is 1. The van der Waals surface area contributed by atoms with Crippen LogP contribution in [0.4, 0.5) is 5.69 Å². The van der Waals surface area contributed by atoms with Crippen LogP contribution >= 0.6 is 0 Å². The molecule has 1 N–H and O–H groups in total. The Hall–Kier alpha value is -2.71. The lowest BCUT2D eigenvalue weighted by atomic mass is 9.99. The van der Waals surface area contributed by atoms with Crippen LogP contribution in [0.1, 0.15) is 43.7 Å². The lowest BCUT2D eigenvalue weighted by molar-refractivity contribution is -0.126. The molecule has 0 aromatic heterocycles. The number of hydrogen-bond acceptors (Lipinski definition) is 4. The van der Waals surface area contributed by atoms with Gasteiger partial charge in [-0.1, -0.05) is 30.3 Å². The van der Waals surface area contributed by atoms with Gasteiger partial charge < -0.3 is 10.2 Å². The number of piperidine rings is 1. The second-order valence-corrected chi connectivity index (χ2v) is 11.7. The van der Waals surface area contributed by atoms with Crippen molar-refractivity contribution in [1.29, 1.82) is 0 Å². The second-order valence-electron chi connectivity index (χ2n) is 9.73. The molecule has 34 heavy (non-hydrogen) atoms. The standard InChI is InChI=1S/C26H31N3O4S/c1-18-14-22-15-23(11-12-24(22)29(18)26(31)20-9-10-20)34(32,33)28-13-5-8-21(17-28)25(30)27-16-19-6-3-2-4-7-19/h2-4,6-7,11-12,15,18,20-21H,5,8-10,13-14,16-17H2,1H3,(H,27,30). The van der Waals surface area contributed by atoms with Crippen LogP contribution in [0.25, 0.3) is 0 Å². The molecule has 2 amide bonds. The van der Waals surface area contributed by atoms with Crippen LogP contribution in [-0.4, -0.2) is 43.7 Å². The quantitative estimate of drug-likeness (QED) is 0.687. The zero-order chi connectivity index (χ0) is 23.9. The van der Waals surface area contributed by atoms with Crippen molar-refractivity contribution in [2.45, 2.75) is 56.5 Å². The Balaban J connectivity index is 1.28. The molecule has 2 aromatic rings. The summed E-state index contributed by atoms with van der Waals surface area (Å²) in [6, 6.07) is 14.8. The van der Waals surface area contributed by atoms with Gasteiger partial charge in [0.1, 0.15) is 0 Å². The molecule has 3 aliphatic rings. The Kier molecular flexibility index (Phi) is 6.20. The number of carbonyl (C=O) groups is 2. The van der Waals surface area contributed by atoms with Gasteiger partial charge in [0.25, 0.3) is 0 Å². The minimum Gasteiger partial charge on any atom is -0.352 e. The monoisotopic (exact) mass is 481 g/mol. The van der Waals surface area contributed by atoms with E-state index in [4.69, 9.17) is 0 Å². The van der Waals surface area contributed by atoms with E-state index in [-0.39, 0.29) is 41.1 Å². The van der Waals surface area contributed by atoms with Crippen molar-refractivity contribution >= 4 is 27.5 Å². The third-order valence-electron chi connectivity index (χ3n) is 7.13. The lowest BCUT2D eigenvalue weighted by Crippen LogP contribution is -2.45. The molecule has 1 saturated carbocycles. The molecule has 2 aliphatic heterocycles. The van der Waals surface area contributed by atoms with E-state index in [0.29, 0.717) is 32.4 Å². The summed E-state index contributed by atoms with van der Waals surface area (Å²) < 4.78 is 28.4. The van der Waals surface area contributed by atoms with Gasteiger partial charge in [0, 0.05) is 37.3 Å². The summed E-state index contributed by atoms with van der Waals surface area (Å²) in [4.78, 5) is 27.6. The molecule has 2 fully saturated rings.